The van der Waals surface area contributed by atoms with Gasteiger partial charge in [0.15, 0.2) is 16.8 Å². The molecular weight excluding hydrogens is 360 g/mol. The minimum absolute atomic E-state index is 0.224. The van der Waals surface area contributed by atoms with E-state index in [0.717, 1.165) is 17.0 Å². The average Bonchev–Trinajstić information content (AvgIpc) is 2.97. The van der Waals surface area contributed by atoms with Crippen LogP contribution >= 0.6 is 11.3 Å². The van der Waals surface area contributed by atoms with Crippen LogP contribution in [0.25, 0.3) is 0 Å². The Morgan fingerprint density at radius 3 is 2.54 bits per heavy atom. The van der Waals surface area contributed by atoms with Crippen LogP contribution in [0, 0.1) is 17.0 Å². The molecule has 0 radical (unpaired) electrons. The first-order chi connectivity index (χ1) is 12.1. The number of carbonyl (C=O) groups excluding carboxylic acids is 2. The molecule has 1 aromatic carbocycles. The maximum Gasteiger partial charge on any atom is 0.248 e. The van der Waals surface area contributed by atoms with Gasteiger partial charge in [0.05, 0.1) is 0 Å². The number of halogens is 2. The Hall–Kier alpha value is -2.35. The molecular formula is C18H21F2N3O2S. The van der Waals surface area contributed by atoms with Gasteiger partial charge in [0, 0.05) is 22.9 Å². The summed E-state index contributed by atoms with van der Waals surface area (Å²) in [5.74, 6) is -2.39. The average molecular weight is 381 g/mol. The molecule has 5 nitrogen and oxygen atoms in total. The van der Waals surface area contributed by atoms with Crippen molar-refractivity contribution in [3.05, 3.63) is 46.5 Å². The number of anilines is 1. The lowest BCUT2D eigenvalue weighted by Gasteiger charge is -2.21. The quantitative estimate of drug-likeness (QED) is 0.833. The number of benzene rings is 1. The summed E-state index contributed by atoms with van der Waals surface area (Å²) in [6.07, 6.45) is 1.95. The molecule has 0 fully saturated rings. The standard InChI is InChI=1S/C18H21F2N3O2S/c1-10(22-16(25)18(2,3)4)15(24)23-17-21-9-12(26-17)7-11-5-6-13(19)14(20)8-11/h5-6,8-10H,7H2,1-4H3,(H,22,25)(H,21,23,24). The summed E-state index contributed by atoms with van der Waals surface area (Å²) >= 11 is 1.24. The lowest BCUT2D eigenvalue weighted by molar-refractivity contribution is -0.131. The lowest BCUT2D eigenvalue weighted by atomic mass is 9.95. The molecule has 8 heteroatoms. The van der Waals surface area contributed by atoms with Gasteiger partial charge in [0.1, 0.15) is 6.04 Å². The monoisotopic (exact) mass is 381 g/mol. The first-order valence-electron chi connectivity index (χ1n) is 8.06. The molecule has 0 bridgehead atoms. The van der Waals surface area contributed by atoms with Gasteiger partial charge in [0.25, 0.3) is 0 Å². The Kier molecular flexibility index (Phi) is 6.07. The third-order valence-electron chi connectivity index (χ3n) is 3.57. The maximum absolute atomic E-state index is 13.3. The molecule has 2 rings (SSSR count). The molecule has 0 saturated heterocycles. The van der Waals surface area contributed by atoms with Crippen LogP contribution < -0.4 is 10.6 Å². The van der Waals surface area contributed by atoms with Crippen molar-refractivity contribution in [2.75, 3.05) is 5.32 Å². The van der Waals surface area contributed by atoms with Crippen molar-refractivity contribution in [3.8, 4) is 0 Å². The molecule has 1 unspecified atom stereocenters. The number of aromatic nitrogens is 1. The van der Waals surface area contributed by atoms with E-state index in [2.05, 4.69) is 15.6 Å². The molecule has 1 heterocycles. The minimum Gasteiger partial charge on any atom is -0.344 e. The normalized spacial score (nSPS) is 12.5. The first-order valence-corrected chi connectivity index (χ1v) is 8.88. The molecule has 26 heavy (non-hydrogen) atoms. The number of hydrogen-bond donors (Lipinski definition) is 2. The summed E-state index contributed by atoms with van der Waals surface area (Å²) in [6, 6.07) is 3.01. The zero-order chi connectivity index (χ0) is 19.5. The van der Waals surface area contributed by atoms with E-state index in [0.29, 0.717) is 17.1 Å². The van der Waals surface area contributed by atoms with E-state index in [1.807, 2.05) is 0 Å². The second kappa shape index (κ2) is 7.90. The fourth-order valence-electron chi connectivity index (χ4n) is 1.99. The highest BCUT2D eigenvalue weighted by atomic mass is 32.1. The Balaban J connectivity index is 1.95. The van der Waals surface area contributed by atoms with Gasteiger partial charge in [-0.3, -0.25) is 9.59 Å². The number of hydrogen-bond acceptors (Lipinski definition) is 4. The molecule has 0 saturated carbocycles. The van der Waals surface area contributed by atoms with Crippen molar-refractivity contribution in [2.24, 2.45) is 5.41 Å². The van der Waals surface area contributed by atoms with Crippen LogP contribution in [-0.4, -0.2) is 22.8 Å². The molecule has 2 amide bonds. The van der Waals surface area contributed by atoms with Crippen molar-refractivity contribution in [2.45, 2.75) is 40.2 Å². The van der Waals surface area contributed by atoms with E-state index in [1.165, 1.54) is 17.4 Å². The highest BCUT2D eigenvalue weighted by Crippen LogP contribution is 2.22. The maximum atomic E-state index is 13.3. The predicted molar refractivity (Wildman–Crippen MR) is 97.0 cm³/mol. The topological polar surface area (TPSA) is 71.1 Å². The molecule has 0 aliphatic rings. The minimum atomic E-state index is -0.899. The van der Waals surface area contributed by atoms with E-state index in [1.54, 1.807) is 33.9 Å². The third kappa shape index (κ3) is 5.32. The SMILES string of the molecule is CC(NC(=O)C(C)(C)C)C(=O)Nc1ncc(Cc2ccc(F)c(F)c2)s1. The predicted octanol–water partition coefficient (Wildman–Crippen LogP) is 3.50. The molecule has 1 aromatic heterocycles. The summed E-state index contributed by atoms with van der Waals surface area (Å²) < 4.78 is 26.2. The molecule has 0 aliphatic heterocycles. The van der Waals surface area contributed by atoms with E-state index < -0.39 is 23.1 Å². The number of carbonyl (C=O) groups is 2. The fraction of sp³-hybridized carbons (Fsp3) is 0.389. The van der Waals surface area contributed by atoms with Crippen molar-refractivity contribution in [3.63, 3.8) is 0 Å². The zero-order valence-electron chi connectivity index (χ0n) is 15.0. The van der Waals surface area contributed by atoms with Gasteiger partial charge in [0.2, 0.25) is 11.8 Å². The third-order valence-corrected chi connectivity index (χ3v) is 4.48. The van der Waals surface area contributed by atoms with Gasteiger partial charge in [-0.1, -0.05) is 26.8 Å². The highest BCUT2D eigenvalue weighted by molar-refractivity contribution is 7.15. The fourth-order valence-corrected chi connectivity index (χ4v) is 2.84. The van der Waals surface area contributed by atoms with Gasteiger partial charge in [-0.2, -0.15) is 0 Å². The molecule has 2 aromatic rings. The first kappa shape index (κ1) is 20.0. The van der Waals surface area contributed by atoms with Crippen LogP contribution in [0.4, 0.5) is 13.9 Å². The Morgan fingerprint density at radius 2 is 1.92 bits per heavy atom. The van der Waals surface area contributed by atoms with Crippen LogP contribution in [0.5, 0.6) is 0 Å². The van der Waals surface area contributed by atoms with Gasteiger partial charge >= 0.3 is 0 Å². The Bertz CT molecular complexity index is 815. The molecule has 1 atom stereocenters. The molecule has 0 aliphatic carbocycles. The highest BCUT2D eigenvalue weighted by Gasteiger charge is 2.25. The van der Waals surface area contributed by atoms with Gasteiger partial charge < -0.3 is 10.6 Å². The number of rotatable bonds is 5. The number of nitrogens with one attached hydrogen (secondary N) is 2. The molecule has 0 spiro atoms. The Morgan fingerprint density at radius 1 is 1.23 bits per heavy atom. The van der Waals surface area contributed by atoms with Gasteiger partial charge in [-0.25, -0.2) is 13.8 Å². The summed E-state index contributed by atoms with van der Waals surface area (Å²) in [6.45, 7) is 6.88. The van der Waals surface area contributed by atoms with Crippen molar-refractivity contribution >= 4 is 28.3 Å². The molecule has 2 N–H and O–H groups in total. The van der Waals surface area contributed by atoms with Crippen LogP contribution in [0.1, 0.15) is 38.1 Å². The van der Waals surface area contributed by atoms with E-state index in [9.17, 15) is 18.4 Å². The van der Waals surface area contributed by atoms with Gasteiger partial charge in [-0.05, 0) is 24.6 Å². The van der Waals surface area contributed by atoms with E-state index in [-0.39, 0.29) is 11.8 Å². The summed E-state index contributed by atoms with van der Waals surface area (Å²) in [5, 5.41) is 5.67. The number of nitrogens with zero attached hydrogens (tertiary/aromatic N) is 1. The van der Waals surface area contributed by atoms with Crippen LogP contribution in [0.3, 0.4) is 0 Å². The smallest absolute Gasteiger partial charge is 0.248 e. The number of amides is 2. The van der Waals surface area contributed by atoms with Gasteiger partial charge in [-0.15, -0.1) is 11.3 Å². The summed E-state index contributed by atoms with van der Waals surface area (Å²) in [4.78, 5) is 29.0. The summed E-state index contributed by atoms with van der Waals surface area (Å²) in [7, 11) is 0. The van der Waals surface area contributed by atoms with Crippen LogP contribution in [0.2, 0.25) is 0 Å². The largest absolute Gasteiger partial charge is 0.344 e. The van der Waals surface area contributed by atoms with Crippen molar-refractivity contribution in [1.82, 2.24) is 10.3 Å². The lowest BCUT2D eigenvalue weighted by Crippen LogP contribution is -2.46. The van der Waals surface area contributed by atoms with E-state index in [4.69, 9.17) is 0 Å². The molecule has 140 valence electrons. The Labute approximate surface area is 154 Å². The number of thiazole rings is 1. The van der Waals surface area contributed by atoms with Crippen LogP contribution in [0.15, 0.2) is 24.4 Å². The van der Waals surface area contributed by atoms with E-state index >= 15 is 0 Å². The second-order valence-corrected chi connectivity index (χ2v) is 8.11. The van der Waals surface area contributed by atoms with Crippen LogP contribution in [-0.2, 0) is 16.0 Å². The van der Waals surface area contributed by atoms with Crippen molar-refractivity contribution in [1.29, 1.82) is 0 Å². The van der Waals surface area contributed by atoms with Crippen molar-refractivity contribution < 1.29 is 18.4 Å². The zero-order valence-corrected chi connectivity index (χ0v) is 15.8. The second-order valence-electron chi connectivity index (χ2n) is 6.99. The summed E-state index contributed by atoms with van der Waals surface area (Å²) in [5.41, 5.74) is 0.0177.